The molecule has 1 fully saturated rings. The molecule has 0 saturated carbocycles. The predicted molar refractivity (Wildman–Crippen MR) is 82.4 cm³/mol. The van der Waals surface area contributed by atoms with Crippen molar-refractivity contribution in [1.29, 1.82) is 5.26 Å². The highest BCUT2D eigenvalue weighted by atomic mass is 15.2. The lowest BCUT2D eigenvalue weighted by Gasteiger charge is -2.39. The van der Waals surface area contributed by atoms with Gasteiger partial charge in [-0.2, -0.15) is 5.26 Å². The minimum atomic E-state index is -0.308. The molecule has 0 aliphatic carbocycles. The summed E-state index contributed by atoms with van der Waals surface area (Å²) in [5, 5.41) is 12.9. The summed E-state index contributed by atoms with van der Waals surface area (Å²) in [6, 6.07) is 13.5. The zero-order chi connectivity index (χ0) is 14.4. The van der Waals surface area contributed by atoms with Crippen molar-refractivity contribution in [3.63, 3.8) is 0 Å². The Bertz CT molecular complexity index is 439. The molecule has 1 heterocycles. The highest BCUT2D eigenvalue weighted by Gasteiger charge is 2.34. The summed E-state index contributed by atoms with van der Waals surface area (Å²) in [5.41, 5.74) is 1.09. The van der Waals surface area contributed by atoms with E-state index in [0.29, 0.717) is 6.04 Å². The molecule has 0 aromatic heterocycles. The predicted octanol–water partition coefficient (Wildman–Crippen LogP) is 2.59. The smallest absolute Gasteiger partial charge is 0.109 e. The number of hydrogen-bond donors (Lipinski definition) is 1. The van der Waals surface area contributed by atoms with Crippen molar-refractivity contribution < 1.29 is 0 Å². The molecule has 0 atom stereocenters. The zero-order valence-electron chi connectivity index (χ0n) is 12.6. The van der Waals surface area contributed by atoms with Gasteiger partial charge in [-0.05, 0) is 38.7 Å². The first-order valence-electron chi connectivity index (χ1n) is 7.59. The Morgan fingerprint density at radius 2 is 1.90 bits per heavy atom. The fourth-order valence-electron chi connectivity index (χ4n) is 2.93. The molecule has 2 rings (SSSR count). The van der Waals surface area contributed by atoms with Crippen molar-refractivity contribution in [3.8, 4) is 6.07 Å². The second-order valence-corrected chi connectivity index (χ2v) is 6.07. The van der Waals surface area contributed by atoms with Crippen molar-refractivity contribution in [3.05, 3.63) is 35.9 Å². The Hall–Kier alpha value is -1.37. The maximum atomic E-state index is 9.45. The Balaban J connectivity index is 1.81. The van der Waals surface area contributed by atoms with Gasteiger partial charge >= 0.3 is 0 Å². The second kappa shape index (κ2) is 6.88. The van der Waals surface area contributed by atoms with Crippen molar-refractivity contribution in [2.45, 2.75) is 44.7 Å². The van der Waals surface area contributed by atoms with E-state index in [1.807, 2.05) is 0 Å². The molecule has 0 radical (unpaired) electrons. The Morgan fingerprint density at radius 1 is 1.25 bits per heavy atom. The van der Waals surface area contributed by atoms with Crippen LogP contribution in [0, 0.1) is 11.3 Å². The van der Waals surface area contributed by atoms with Crippen molar-refractivity contribution in [1.82, 2.24) is 10.2 Å². The van der Waals surface area contributed by atoms with Crippen molar-refractivity contribution in [2.24, 2.45) is 0 Å². The molecule has 1 N–H and O–H groups in total. The Kier molecular flexibility index (Phi) is 5.17. The number of benzene rings is 1. The number of hydrogen-bond acceptors (Lipinski definition) is 3. The maximum Gasteiger partial charge on any atom is 0.109 e. The van der Waals surface area contributed by atoms with Crippen LogP contribution in [0.1, 0.15) is 32.3 Å². The lowest BCUT2D eigenvalue weighted by Crippen LogP contribution is -2.54. The summed E-state index contributed by atoms with van der Waals surface area (Å²) in [6.07, 6.45) is 2.95. The Labute approximate surface area is 122 Å². The number of nitriles is 1. The van der Waals surface area contributed by atoms with E-state index in [1.165, 1.54) is 5.56 Å². The molecule has 1 aliphatic heterocycles. The molecule has 0 amide bonds. The number of nitrogens with one attached hydrogen (secondary N) is 1. The monoisotopic (exact) mass is 271 g/mol. The molecule has 1 saturated heterocycles. The molecule has 1 aliphatic rings. The molecular formula is C17H25N3. The topological polar surface area (TPSA) is 39.1 Å². The lowest BCUT2D eigenvalue weighted by atomic mass is 9.88. The van der Waals surface area contributed by atoms with E-state index in [0.717, 1.165) is 38.9 Å². The molecule has 0 spiro atoms. The van der Waals surface area contributed by atoms with E-state index in [1.54, 1.807) is 0 Å². The summed E-state index contributed by atoms with van der Waals surface area (Å²) in [4.78, 5) is 2.48. The van der Waals surface area contributed by atoms with E-state index in [4.69, 9.17) is 0 Å². The zero-order valence-corrected chi connectivity index (χ0v) is 12.6. The summed E-state index contributed by atoms with van der Waals surface area (Å²) in [5.74, 6) is 0. The first kappa shape index (κ1) is 15.0. The fourth-order valence-corrected chi connectivity index (χ4v) is 2.93. The third-order valence-electron chi connectivity index (χ3n) is 4.05. The van der Waals surface area contributed by atoms with Gasteiger partial charge in [0, 0.05) is 25.7 Å². The maximum absolute atomic E-state index is 9.45. The van der Waals surface area contributed by atoms with Gasteiger partial charge in [-0.25, -0.2) is 0 Å². The van der Waals surface area contributed by atoms with Crippen LogP contribution < -0.4 is 5.32 Å². The molecular weight excluding hydrogens is 246 g/mol. The normalized spacial score (nSPS) is 18.9. The van der Waals surface area contributed by atoms with E-state index in [-0.39, 0.29) is 5.54 Å². The van der Waals surface area contributed by atoms with Gasteiger partial charge in [0.15, 0.2) is 0 Å². The highest BCUT2D eigenvalue weighted by molar-refractivity contribution is 5.15. The van der Waals surface area contributed by atoms with Gasteiger partial charge in [0.2, 0.25) is 0 Å². The molecule has 0 unspecified atom stereocenters. The van der Waals surface area contributed by atoms with Crippen molar-refractivity contribution >= 4 is 0 Å². The fraction of sp³-hybridized carbons (Fsp3) is 0.588. The quantitative estimate of drug-likeness (QED) is 0.894. The average Bonchev–Trinajstić information content (AvgIpc) is 2.47. The van der Waals surface area contributed by atoms with Crippen LogP contribution in [0.4, 0.5) is 0 Å². The van der Waals surface area contributed by atoms with E-state index >= 15 is 0 Å². The molecule has 3 nitrogen and oxygen atoms in total. The van der Waals surface area contributed by atoms with E-state index < -0.39 is 0 Å². The van der Waals surface area contributed by atoms with Crippen LogP contribution in [0.5, 0.6) is 0 Å². The molecule has 20 heavy (non-hydrogen) atoms. The van der Waals surface area contributed by atoms with Crippen LogP contribution in [0.2, 0.25) is 0 Å². The number of piperidine rings is 1. The highest BCUT2D eigenvalue weighted by Crippen LogP contribution is 2.22. The van der Waals surface area contributed by atoms with Gasteiger partial charge in [0.05, 0.1) is 6.07 Å². The SMILES string of the molecule is CC(C)NC1(C#N)CCN(CCc2ccccc2)CC1. The second-order valence-electron chi connectivity index (χ2n) is 6.07. The van der Waals surface area contributed by atoms with Gasteiger partial charge in [0.1, 0.15) is 5.54 Å². The van der Waals surface area contributed by atoms with E-state index in [2.05, 4.69) is 60.5 Å². The van der Waals surface area contributed by atoms with Gasteiger partial charge in [-0.1, -0.05) is 30.3 Å². The first-order valence-corrected chi connectivity index (χ1v) is 7.59. The first-order chi connectivity index (χ1) is 9.63. The summed E-state index contributed by atoms with van der Waals surface area (Å²) in [7, 11) is 0. The third-order valence-corrected chi connectivity index (χ3v) is 4.05. The van der Waals surface area contributed by atoms with Gasteiger partial charge < -0.3 is 4.90 Å². The van der Waals surface area contributed by atoms with Crippen LogP contribution in [-0.4, -0.2) is 36.1 Å². The van der Waals surface area contributed by atoms with Gasteiger partial charge in [0.25, 0.3) is 0 Å². The third kappa shape index (κ3) is 4.06. The van der Waals surface area contributed by atoms with Crippen LogP contribution in [0.25, 0.3) is 0 Å². The largest absolute Gasteiger partial charge is 0.303 e. The van der Waals surface area contributed by atoms with Crippen LogP contribution in [-0.2, 0) is 6.42 Å². The average molecular weight is 271 g/mol. The van der Waals surface area contributed by atoms with Gasteiger partial charge in [-0.3, -0.25) is 5.32 Å². The number of rotatable bonds is 5. The van der Waals surface area contributed by atoms with Crippen LogP contribution in [0.3, 0.4) is 0 Å². The van der Waals surface area contributed by atoms with Crippen LogP contribution >= 0.6 is 0 Å². The minimum absolute atomic E-state index is 0.308. The standard InChI is InChI=1S/C17H25N3/c1-15(2)19-17(14-18)9-12-20(13-10-17)11-8-16-6-4-3-5-7-16/h3-7,15,19H,8-13H2,1-2H3. The Morgan fingerprint density at radius 3 is 2.45 bits per heavy atom. The lowest BCUT2D eigenvalue weighted by molar-refractivity contribution is 0.162. The summed E-state index contributed by atoms with van der Waals surface area (Å²) in [6.45, 7) is 7.34. The summed E-state index contributed by atoms with van der Waals surface area (Å²) >= 11 is 0. The molecule has 3 heteroatoms. The molecule has 1 aromatic carbocycles. The number of nitrogens with zero attached hydrogens (tertiary/aromatic N) is 2. The molecule has 1 aromatic rings. The minimum Gasteiger partial charge on any atom is -0.303 e. The van der Waals surface area contributed by atoms with Gasteiger partial charge in [-0.15, -0.1) is 0 Å². The van der Waals surface area contributed by atoms with E-state index in [9.17, 15) is 5.26 Å². The molecule has 0 bridgehead atoms. The van der Waals surface area contributed by atoms with Crippen molar-refractivity contribution in [2.75, 3.05) is 19.6 Å². The number of likely N-dealkylation sites (tertiary alicyclic amines) is 1. The van der Waals surface area contributed by atoms with Crippen LogP contribution in [0.15, 0.2) is 30.3 Å². The summed E-state index contributed by atoms with van der Waals surface area (Å²) < 4.78 is 0. The molecule has 108 valence electrons.